The van der Waals surface area contributed by atoms with Crippen molar-refractivity contribution in [2.75, 3.05) is 12.9 Å². The van der Waals surface area contributed by atoms with E-state index in [0.717, 1.165) is 22.0 Å². The van der Waals surface area contributed by atoms with Gasteiger partial charge in [0.15, 0.2) is 11.9 Å². The van der Waals surface area contributed by atoms with Gasteiger partial charge in [0.1, 0.15) is 11.5 Å². The number of carbonyl (C=O) groups is 1. The van der Waals surface area contributed by atoms with Gasteiger partial charge in [-0.1, -0.05) is 24.3 Å². The lowest BCUT2D eigenvalue weighted by Crippen LogP contribution is -2.33. The van der Waals surface area contributed by atoms with Gasteiger partial charge in [0.05, 0.1) is 7.11 Å². The maximum atomic E-state index is 12.4. The van der Waals surface area contributed by atoms with Crippen molar-refractivity contribution in [3.8, 4) is 11.5 Å². The molecule has 4 heteroatoms. The fourth-order valence-electron chi connectivity index (χ4n) is 2.28. The molecule has 0 bridgehead atoms. The minimum absolute atomic E-state index is 0.102. The van der Waals surface area contributed by atoms with Crippen molar-refractivity contribution in [3.63, 3.8) is 0 Å². The zero-order chi connectivity index (χ0) is 14.7. The van der Waals surface area contributed by atoms with E-state index in [4.69, 9.17) is 9.47 Å². The molecule has 1 aliphatic rings. The molecule has 1 heterocycles. The summed E-state index contributed by atoms with van der Waals surface area (Å²) in [6.07, 6.45) is -0.0129. The summed E-state index contributed by atoms with van der Waals surface area (Å²) in [6, 6.07) is 15.4. The molecule has 0 fully saturated rings. The number of thioether (sulfide) groups is 1. The van der Waals surface area contributed by atoms with Crippen LogP contribution in [0.2, 0.25) is 0 Å². The maximum Gasteiger partial charge on any atom is 0.178 e. The summed E-state index contributed by atoms with van der Waals surface area (Å²) in [5, 5.41) is 0. The summed E-state index contributed by atoms with van der Waals surface area (Å²) in [6.45, 7) is 0. The number of rotatable bonds is 4. The van der Waals surface area contributed by atoms with Gasteiger partial charge in [-0.25, -0.2) is 0 Å². The fourth-order valence-corrected chi connectivity index (χ4v) is 3.29. The number of Topliss-reactive ketones (excluding diaryl/α,β-unsaturated/α-hetero) is 1. The number of benzene rings is 2. The van der Waals surface area contributed by atoms with Crippen LogP contribution in [0.4, 0.5) is 0 Å². The van der Waals surface area contributed by atoms with Crippen molar-refractivity contribution in [1.29, 1.82) is 0 Å². The summed E-state index contributed by atoms with van der Waals surface area (Å²) >= 11 is 1.67. The smallest absolute Gasteiger partial charge is 0.178 e. The molecule has 0 aromatic heterocycles. The molecule has 1 atom stereocenters. The summed E-state index contributed by atoms with van der Waals surface area (Å²) < 4.78 is 11.0. The second kappa shape index (κ2) is 6.22. The highest BCUT2D eigenvalue weighted by Gasteiger charge is 2.26. The third-order valence-electron chi connectivity index (χ3n) is 3.38. The minimum atomic E-state index is -0.379. The van der Waals surface area contributed by atoms with Gasteiger partial charge < -0.3 is 9.47 Å². The van der Waals surface area contributed by atoms with E-state index in [9.17, 15) is 4.79 Å². The number of hydrogen-bond donors (Lipinski definition) is 0. The van der Waals surface area contributed by atoms with Gasteiger partial charge in [0.2, 0.25) is 0 Å². The number of hydrogen-bond acceptors (Lipinski definition) is 4. The number of methoxy groups -OCH3 is 1. The Balaban J connectivity index is 1.69. The Morgan fingerprint density at radius 1 is 1.29 bits per heavy atom. The number of carbonyl (C=O) groups excluding carboxylic acids is 1. The first-order valence-electron chi connectivity index (χ1n) is 6.80. The highest BCUT2D eigenvalue weighted by atomic mass is 32.2. The molecular formula is C17H16O3S. The Morgan fingerprint density at radius 3 is 3.00 bits per heavy atom. The molecule has 0 saturated carbocycles. The molecule has 1 aliphatic heterocycles. The summed E-state index contributed by atoms with van der Waals surface area (Å²) in [4.78, 5) is 13.5. The largest absolute Gasteiger partial charge is 0.497 e. The van der Waals surface area contributed by atoms with E-state index in [2.05, 4.69) is 0 Å². The van der Waals surface area contributed by atoms with Crippen LogP contribution in [-0.4, -0.2) is 24.7 Å². The lowest BCUT2D eigenvalue weighted by Gasteiger charge is -2.24. The molecule has 3 nitrogen and oxygen atoms in total. The lowest BCUT2D eigenvalue weighted by atomic mass is 10.1. The Labute approximate surface area is 128 Å². The predicted octanol–water partition coefficient (Wildman–Crippen LogP) is 3.36. The van der Waals surface area contributed by atoms with Crippen LogP contribution in [0.5, 0.6) is 11.5 Å². The number of ether oxygens (including phenoxy) is 2. The standard InChI is InChI=1S/C17H16O3S/c1-19-13-6-4-5-12(9-13)10-14(18)16-11-21-17-8-3-2-7-15(17)20-16/h2-9,16H,10-11H2,1H3. The molecule has 3 rings (SSSR count). The Kier molecular flexibility index (Phi) is 4.15. The molecule has 108 valence electrons. The highest BCUT2D eigenvalue weighted by Crippen LogP contribution is 2.35. The highest BCUT2D eigenvalue weighted by molar-refractivity contribution is 7.99. The maximum absolute atomic E-state index is 12.4. The van der Waals surface area contributed by atoms with Gasteiger partial charge >= 0.3 is 0 Å². The second-order valence-corrected chi connectivity index (χ2v) is 5.92. The zero-order valence-corrected chi connectivity index (χ0v) is 12.6. The van der Waals surface area contributed by atoms with E-state index in [1.807, 2.05) is 48.5 Å². The van der Waals surface area contributed by atoms with Crippen LogP contribution < -0.4 is 9.47 Å². The van der Waals surface area contributed by atoms with Crippen LogP contribution in [-0.2, 0) is 11.2 Å². The molecular weight excluding hydrogens is 284 g/mol. The van der Waals surface area contributed by atoms with Crippen LogP contribution in [0.15, 0.2) is 53.4 Å². The van der Waals surface area contributed by atoms with Gasteiger partial charge in [-0.05, 0) is 29.8 Å². The van der Waals surface area contributed by atoms with Crippen molar-refractivity contribution in [2.24, 2.45) is 0 Å². The third-order valence-corrected chi connectivity index (χ3v) is 4.50. The van der Waals surface area contributed by atoms with Gasteiger partial charge in [-0.15, -0.1) is 11.8 Å². The number of ketones is 1. The molecule has 0 N–H and O–H groups in total. The Morgan fingerprint density at radius 2 is 2.14 bits per heavy atom. The molecule has 0 spiro atoms. The van der Waals surface area contributed by atoms with Crippen molar-refractivity contribution in [2.45, 2.75) is 17.4 Å². The van der Waals surface area contributed by atoms with Gasteiger partial charge in [-0.2, -0.15) is 0 Å². The van der Waals surface area contributed by atoms with Crippen molar-refractivity contribution in [1.82, 2.24) is 0 Å². The van der Waals surface area contributed by atoms with Crippen LogP contribution in [0.1, 0.15) is 5.56 Å². The number of para-hydroxylation sites is 1. The van der Waals surface area contributed by atoms with Crippen LogP contribution in [0.25, 0.3) is 0 Å². The molecule has 0 amide bonds. The van der Waals surface area contributed by atoms with E-state index < -0.39 is 0 Å². The summed E-state index contributed by atoms with van der Waals surface area (Å²) in [7, 11) is 1.62. The topological polar surface area (TPSA) is 35.5 Å². The molecule has 2 aromatic carbocycles. The van der Waals surface area contributed by atoms with E-state index in [1.54, 1.807) is 18.9 Å². The van der Waals surface area contributed by atoms with Crippen LogP contribution in [0.3, 0.4) is 0 Å². The first kappa shape index (κ1) is 14.0. The average Bonchev–Trinajstić information content (AvgIpc) is 2.54. The van der Waals surface area contributed by atoms with Crippen LogP contribution >= 0.6 is 11.8 Å². The molecule has 1 unspecified atom stereocenters. The molecule has 0 radical (unpaired) electrons. The molecule has 0 aliphatic carbocycles. The molecule has 0 saturated heterocycles. The Bertz CT molecular complexity index is 654. The van der Waals surface area contributed by atoms with E-state index >= 15 is 0 Å². The fraction of sp³-hybridized carbons (Fsp3) is 0.235. The lowest BCUT2D eigenvalue weighted by molar-refractivity contribution is -0.124. The predicted molar refractivity (Wildman–Crippen MR) is 83.3 cm³/mol. The summed E-state index contributed by atoms with van der Waals surface area (Å²) in [5.41, 5.74) is 0.951. The quantitative estimate of drug-likeness (QED) is 0.867. The van der Waals surface area contributed by atoms with Crippen molar-refractivity contribution in [3.05, 3.63) is 54.1 Å². The van der Waals surface area contributed by atoms with Crippen molar-refractivity contribution >= 4 is 17.5 Å². The molecule has 2 aromatic rings. The Hall–Kier alpha value is -1.94. The molecule has 21 heavy (non-hydrogen) atoms. The van der Waals surface area contributed by atoms with E-state index in [-0.39, 0.29) is 11.9 Å². The van der Waals surface area contributed by atoms with Crippen molar-refractivity contribution < 1.29 is 14.3 Å². The van der Waals surface area contributed by atoms with Crippen LogP contribution in [0, 0.1) is 0 Å². The summed E-state index contributed by atoms with van der Waals surface area (Å²) in [5.74, 6) is 2.34. The van der Waals surface area contributed by atoms with Gasteiger partial charge in [0, 0.05) is 17.1 Å². The third kappa shape index (κ3) is 3.22. The first-order chi connectivity index (χ1) is 10.3. The van der Waals surface area contributed by atoms with E-state index in [1.165, 1.54) is 0 Å². The normalized spacial score (nSPS) is 16.7. The van der Waals surface area contributed by atoms with E-state index in [0.29, 0.717) is 12.2 Å². The average molecular weight is 300 g/mol. The monoisotopic (exact) mass is 300 g/mol. The number of fused-ring (bicyclic) bond motifs is 1. The SMILES string of the molecule is COc1cccc(CC(=O)C2CSc3ccccc3O2)c1. The first-order valence-corrected chi connectivity index (χ1v) is 7.79. The van der Waals surface area contributed by atoms with Gasteiger partial charge in [-0.3, -0.25) is 4.79 Å². The second-order valence-electron chi connectivity index (χ2n) is 4.86. The van der Waals surface area contributed by atoms with Gasteiger partial charge in [0.25, 0.3) is 0 Å². The zero-order valence-electron chi connectivity index (χ0n) is 11.7. The minimum Gasteiger partial charge on any atom is -0.497 e.